The molecule has 0 radical (unpaired) electrons. The van der Waals surface area contributed by atoms with Gasteiger partial charge >= 0.3 is 0 Å². The third kappa shape index (κ3) is 12.1. The molecule has 0 amide bonds. The van der Waals surface area contributed by atoms with E-state index >= 15 is 0 Å². The van der Waals surface area contributed by atoms with Gasteiger partial charge in [0.25, 0.3) is 0 Å². The maximum atomic E-state index is 11.6. The van der Waals surface area contributed by atoms with Gasteiger partial charge in [-0.3, -0.25) is 24.0 Å². The van der Waals surface area contributed by atoms with Gasteiger partial charge in [-0.25, -0.2) is 0 Å². The van der Waals surface area contributed by atoms with Crippen molar-refractivity contribution in [1.82, 2.24) is 0 Å². The summed E-state index contributed by atoms with van der Waals surface area (Å²) in [5.41, 5.74) is 0. The van der Waals surface area contributed by atoms with E-state index in [0.29, 0.717) is 0 Å². The SMILES string of the molecule is C#CCC(=O)CCC(=O)CCC(=O)CCC(=O)CCC(=O)CC#C. The summed E-state index contributed by atoms with van der Waals surface area (Å²) in [6, 6.07) is 0. The maximum Gasteiger partial charge on any atom is 0.145 e. The molecule has 0 N–H and O–H groups in total. The molecule has 0 aliphatic carbocycles. The first kappa shape index (κ1) is 21.5. The van der Waals surface area contributed by atoms with Gasteiger partial charge in [-0.2, -0.15) is 0 Å². The molecule has 0 saturated carbocycles. The first-order valence-electron chi connectivity index (χ1n) is 7.84. The van der Waals surface area contributed by atoms with Crippen LogP contribution in [-0.4, -0.2) is 28.9 Å². The fraction of sp³-hybridized carbons (Fsp3) is 0.526. The van der Waals surface area contributed by atoms with E-state index in [9.17, 15) is 24.0 Å². The number of terminal acetylenes is 2. The monoisotopic (exact) mass is 330 g/mol. The first-order chi connectivity index (χ1) is 11.4. The van der Waals surface area contributed by atoms with Crippen molar-refractivity contribution in [2.75, 3.05) is 0 Å². The van der Waals surface area contributed by atoms with Gasteiger partial charge in [-0.05, 0) is 0 Å². The molecule has 0 saturated heterocycles. The Morgan fingerprint density at radius 3 is 0.875 bits per heavy atom. The second kappa shape index (κ2) is 13.0. The summed E-state index contributed by atoms with van der Waals surface area (Å²) in [4.78, 5) is 57.1. The Kier molecular flexibility index (Phi) is 11.6. The largest absolute Gasteiger partial charge is 0.300 e. The van der Waals surface area contributed by atoms with Crippen LogP contribution < -0.4 is 0 Å². The second-order valence-corrected chi connectivity index (χ2v) is 5.46. The van der Waals surface area contributed by atoms with Gasteiger partial charge in [0, 0.05) is 51.4 Å². The van der Waals surface area contributed by atoms with Crippen LogP contribution in [0.15, 0.2) is 0 Å². The third-order valence-electron chi connectivity index (χ3n) is 3.33. The van der Waals surface area contributed by atoms with Gasteiger partial charge in [0.05, 0.1) is 12.8 Å². The van der Waals surface area contributed by atoms with Crippen molar-refractivity contribution in [3.05, 3.63) is 0 Å². The zero-order valence-electron chi connectivity index (χ0n) is 13.8. The van der Waals surface area contributed by atoms with Crippen LogP contribution >= 0.6 is 0 Å². The predicted molar refractivity (Wildman–Crippen MR) is 88.9 cm³/mol. The number of hydrogen-bond donors (Lipinski definition) is 0. The maximum absolute atomic E-state index is 11.6. The van der Waals surface area contributed by atoms with Crippen molar-refractivity contribution < 1.29 is 24.0 Å². The van der Waals surface area contributed by atoms with E-state index in [1.165, 1.54) is 0 Å². The molecule has 0 aromatic rings. The number of rotatable bonds is 14. The van der Waals surface area contributed by atoms with Crippen LogP contribution in [0.1, 0.15) is 64.2 Å². The first-order valence-corrected chi connectivity index (χ1v) is 7.84. The Hall–Kier alpha value is -2.53. The van der Waals surface area contributed by atoms with Crippen LogP contribution in [0.4, 0.5) is 0 Å². The minimum absolute atomic E-state index is 0.0121. The number of Topliss-reactive ketones (excluding diaryl/α,β-unsaturated/α-hetero) is 5. The lowest BCUT2D eigenvalue weighted by Gasteiger charge is -2.01. The lowest BCUT2D eigenvalue weighted by atomic mass is 10.0. The number of hydrogen-bond acceptors (Lipinski definition) is 5. The zero-order chi connectivity index (χ0) is 18.4. The highest BCUT2D eigenvalue weighted by Crippen LogP contribution is 2.07. The molecule has 0 aliphatic heterocycles. The van der Waals surface area contributed by atoms with Gasteiger partial charge < -0.3 is 0 Å². The highest BCUT2D eigenvalue weighted by atomic mass is 16.1. The summed E-state index contributed by atoms with van der Waals surface area (Å²) in [5, 5.41) is 0. The van der Waals surface area contributed by atoms with Crippen LogP contribution in [0.3, 0.4) is 0 Å². The number of carbonyl (C=O) groups is 5. The molecule has 0 aromatic carbocycles. The molecule has 128 valence electrons. The molecular weight excluding hydrogens is 308 g/mol. The Labute approximate surface area is 142 Å². The van der Waals surface area contributed by atoms with E-state index in [1.54, 1.807) is 0 Å². The Morgan fingerprint density at radius 2 is 0.667 bits per heavy atom. The Bertz CT molecular complexity index is 522. The van der Waals surface area contributed by atoms with Crippen LogP contribution in [0, 0.1) is 24.7 Å². The lowest BCUT2D eigenvalue weighted by molar-refractivity contribution is -0.127. The molecule has 0 rings (SSSR count). The van der Waals surface area contributed by atoms with Crippen LogP contribution in [0.25, 0.3) is 0 Å². The van der Waals surface area contributed by atoms with Crippen molar-refractivity contribution in [3.8, 4) is 24.7 Å². The molecular formula is C19H22O5. The third-order valence-corrected chi connectivity index (χ3v) is 3.33. The van der Waals surface area contributed by atoms with Crippen molar-refractivity contribution >= 4 is 28.9 Å². The number of carbonyl (C=O) groups excluding carboxylic acids is 5. The molecule has 0 fully saturated rings. The molecule has 0 spiro atoms. The fourth-order valence-corrected chi connectivity index (χ4v) is 1.89. The average Bonchev–Trinajstić information content (AvgIpc) is 2.54. The second-order valence-electron chi connectivity index (χ2n) is 5.46. The molecule has 0 heterocycles. The van der Waals surface area contributed by atoms with E-state index in [2.05, 4.69) is 11.8 Å². The smallest absolute Gasteiger partial charge is 0.145 e. The summed E-state index contributed by atoms with van der Waals surface area (Å²) in [6.45, 7) is 0. The van der Waals surface area contributed by atoms with Crippen molar-refractivity contribution in [3.63, 3.8) is 0 Å². The highest BCUT2D eigenvalue weighted by Gasteiger charge is 2.12. The molecule has 5 heteroatoms. The summed E-state index contributed by atoms with van der Waals surface area (Å²) in [5.74, 6) is 3.59. The molecule has 24 heavy (non-hydrogen) atoms. The molecule has 0 aromatic heterocycles. The normalized spacial score (nSPS) is 9.58. The fourth-order valence-electron chi connectivity index (χ4n) is 1.89. The van der Waals surface area contributed by atoms with Crippen molar-refractivity contribution in [2.45, 2.75) is 64.2 Å². The van der Waals surface area contributed by atoms with E-state index in [4.69, 9.17) is 12.8 Å². The zero-order valence-corrected chi connectivity index (χ0v) is 13.8. The lowest BCUT2D eigenvalue weighted by Crippen LogP contribution is -2.09. The van der Waals surface area contributed by atoms with Crippen LogP contribution in [0.2, 0.25) is 0 Å². The van der Waals surface area contributed by atoms with Gasteiger partial charge in [0.1, 0.15) is 28.9 Å². The predicted octanol–water partition coefficient (Wildman–Crippen LogP) is 2.00. The Morgan fingerprint density at radius 1 is 0.458 bits per heavy atom. The van der Waals surface area contributed by atoms with E-state index < -0.39 is 0 Å². The molecule has 5 nitrogen and oxygen atoms in total. The van der Waals surface area contributed by atoms with Gasteiger partial charge in [-0.15, -0.1) is 12.8 Å². The van der Waals surface area contributed by atoms with E-state index in [-0.39, 0.29) is 93.1 Å². The van der Waals surface area contributed by atoms with Gasteiger partial charge in [0.15, 0.2) is 0 Å². The van der Waals surface area contributed by atoms with Gasteiger partial charge in [0.2, 0.25) is 0 Å². The quantitative estimate of drug-likeness (QED) is 0.455. The molecule has 0 aliphatic rings. The summed E-state index contributed by atoms with van der Waals surface area (Å²) in [6.07, 6.45) is 10.6. The molecule has 0 unspecified atom stereocenters. The summed E-state index contributed by atoms with van der Waals surface area (Å²) in [7, 11) is 0. The highest BCUT2D eigenvalue weighted by molar-refractivity contribution is 5.92. The van der Waals surface area contributed by atoms with E-state index in [1.807, 2.05) is 0 Å². The summed E-state index contributed by atoms with van der Waals surface area (Å²) >= 11 is 0. The van der Waals surface area contributed by atoms with Crippen molar-refractivity contribution in [2.24, 2.45) is 0 Å². The molecule has 0 bridgehead atoms. The van der Waals surface area contributed by atoms with Crippen molar-refractivity contribution in [1.29, 1.82) is 0 Å². The average molecular weight is 330 g/mol. The van der Waals surface area contributed by atoms with Crippen LogP contribution in [0.5, 0.6) is 0 Å². The van der Waals surface area contributed by atoms with Gasteiger partial charge in [-0.1, -0.05) is 11.8 Å². The minimum atomic E-state index is -0.179. The Balaban J connectivity index is 3.83. The minimum Gasteiger partial charge on any atom is -0.300 e. The molecule has 0 atom stereocenters. The van der Waals surface area contributed by atoms with Crippen LogP contribution in [-0.2, 0) is 24.0 Å². The number of ketones is 5. The topological polar surface area (TPSA) is 85.3 Å². The summed E-state index contributed by atoms with van der Waals surface area (Å²) < 4.78 is 0. The van der Waals surface area contributed by atoms with E-state index in [0.717, 1.165) is 0 Å². The standard InChI is InChI=1S/C19H22O5/c1-3-5-15(20)7-9-17(22)11-13-19(24)14-12-18(23)10-8-16(21)6-4-2/h1-2H,5-14H2.